The maximum atomic E-state index is 12.1. The van der Waals surface area contributed by atoms with E-state index in [-0.39, 0.29) is 18.3 Å². The number of benzene rings is 1. The van der Waals surface area contributed by atoms with E-state index in [4.69, 9.17) is 21.7 Å². The first kappa shape index (κ1) is 17.0. The Balaban J connectivity index is 1.45. The molecule has 0 saturated carbocycles. The summed E-state index contributed by atoms with van der Waals surface area (Å²) in [5.74, 6) is 0.335. The summed E-state index contributed by atoms with van der Waals surface area (Å²) in [6, 6.07) is 7.11. The van der Waals surface area contributed by atoms with Crippen molar-refractivity contribution in [2.45, 2.75) is 18.9 Å². The molecular formula is C16H18N2O4S2. The molecule has 2 amide bonds. The van der Waals surface area contributed by atoms with Gasteiger partial charge < -0.3 is 14.4 Å². The number of thiocarbonyl (C=S) groups is 1. The molecule has 2 heterocycles. The quantitative estimate of drug-likeness (QED) is 0.815. The molecule has 0 bridgehead atoms. The highest BCUT2D eigenvalue weighted by molar-refractivity contribution is 8.23. The molecule has 1 atom stereocenters. The largest absolute Gasteiger partial charge is 0.485 e. The van der Waals surface area contributed by atoms with Crippen molar-refractivity contribution >= 4 is 40.1 Å². The van der Waals surface area contributed by atoms with E-state index in [0.717, 1.165) is 25.9 Å². The number of fused-ring (bicyclic) bond motifs is 1. The summed E-state index contributed by atoms with van der Waals surface area (Å²) in [4.78, 5) is 26.2. The third-order valence-corrected chi connectivity index (χ3v) is 5.28. The molecule has 0 aromatic heterocycles. The van der Waals surface area contributed by atoms with Crippen LogP contribution in [0.4, 0.5) is 0 Å². The van der Waals surface area contributed by atoms with E-state index in [1.807, 2.05) is 6.07 Å². The van der Waals surface area contributed by atoms with Crippen molar-refractivity contribution in [2.75, 3.05) is 25.4 Å². The molecule has 1 saturated heterocycles. The summed E-state index contributed by atoms with van der Waals surface area (Å²) in [7, 11) is 0. The Morgan fingerprint density at radius 2 is 1.96 bits per heavy atom. The van der Waals surface area contributed by atoms with Crippen LogP contribution in [0.1, 0.15) is 12.8 Å². The molecule has 6 nitrogen and oxygen atoms in total. The zero-order valence-electron chi connectivity index (χ0n) is 13.0. The second-order valence-corrected chi connectivity index (χ2v) is 7.13. The Kier molecular flexibility index (Phi) is 5.57. The minimum atomic E-state index is -0.834. The molecule has 24 heavy (non-hydrogen) atoms. The number of rotatable bonds is 3. The van der Waals surface area contributed by atoms with E-state index in [1.54, 1.807) is 18.2 Å². The van der Waals surface area contributed by atoms with Crippen molar-refractivity contribution in [1.82, 2.24) is 10.2 Å². The first-order chi connectivity index (χ1) is 11.6. The van der Waals surface area contributed by atoms with Gasteiger partial charge in [-0.05, 0) is 25.0 Å². The van der Waals surface area contributed by atoms with E-state index < -0.39 is 12.0 Å². The molecule has 0 unspecified atom stereocenters. The number of hydrogen-bond acceptors (Lipinski definition) is 6. The van der Waals surface area contributed by atoms with Gasteiger partial charge >= 0.3 is 0 Å². The number of ether oxygens (including phenoxy) is 2. The Labute approximate surface area is 149 Å². The predicted octanol–water partition coefficient (Wildman–Crippen LogP) is 1.58. The van der Waals surface area contributed by atoms with E-state index in [1.165, 1.54) is 11.8 Å². The number of amides is 2. The predicted molar refractivity (Wildman–Crippen MR) is 95.4 cm³/mol. The number of hydrogen-bond donors (Lipinski definition) is 1. The van der Waals surface area contributed by atoms with Crippen LogP contribution in [0.5, 0.6) is 11.5 Å². The Bertz CT molecular complexity index is 647. The number of nitrogens with one attached hydrogen (secondary N) is 1. The van der Waals surface area contributed by atoms with Gasteiger partial charge in [-0.25, -0.2) is 0 Å². The molecule has 0 radical (unpaired) electrons. The van der Waals surface area contributed by atoms with Crippen LogP contribution in [0.15, 0.2) is 24.3 Å². The molecule has 0 aliphatic carbocycles. The molecule has 1 aromatic carbocycles. The van der Waals surface area contributed by atoms with Crippen LogP contribution in [0, 0.1) is 0 Å². The highest BCUT2D eigenvalue weighted by atomic mass is 32.2. The van der Waals surface area contributed by atoms with Crippen LogP contribution >= 0.6 is 24.0 Å². The van der Waals surface area contributed by atoms with Crippen LogP contribution in [-0.4, -0.2) is 52.6 Å². The minimum absolute atomic E-state index is 0.0788. The SMILES string of the molecule is O=C(CSC(=S)N1CCCC1)NC(=O)[C@@H]1COc2ccccc2O1. The van der Waals surface area contributed by atoms with E-state index in [0.29, 0.717) is 15.8 Å². The van der Waals surface area contributed by atoms with Gasteiger partial charge in [-0.1, -0.05) is 36.1 Å². The Hall–Kier alpha value is -1.80. The fourth-order valence-corrected chi connectivity index (χ4v) is 3.57. The summed E-state index contributed by atoms with van der Waals surface area (Å²) in [6.45, 7) is 1.97. The molecule has 1 aromatic rings. The number of thioether (sulfide) groups is 1. The minimum Gasteiger partial charge on any atom is -0.485 e. The summed E-state index contributed by atoms with van der Waals surface area (Å²) < 4.78 is 11.8. The third kappa shape index (κ3) is 4.18. The maximum absolute atomic E-state index is 12.1. The highest BCUT2D eigenvalue weighted by Crippen LogP contribution is 2.30. The van der Waals surface area contributed by atoms with Crippen molar-refractivity contribution in [3.8, 4) is 11.5 Å². The van der Waals surface area contributed by atoms with E-state index in [2.05, 4.69) is 10.2 Å². The van der Waals surface area contributed by atoms with Gasteiger partial charge in [0.1, 0.15) is 10.9 Å². The van der Waals surface area contributed by atoms with Gasteiger partial charge in [0.15, 0.2) is 11.5 Å². The smallest absolute Gasteiger partial charge is 0.271 e. The van der Waals surface area contributed by atoms with Crippen LogP contribution < -0.4 is 14.8 Å². The van der Waals surface area contributed by atoms with Gasteiger partial charge in [0.25, 0.3) is 5.91 Å². The summed E-state index contributed by atoms with van der Waals surface area (Å²) in [5, 5.41) is 2.34. The first-order valence-electron chi connectivity index (χ1n) is 7.77. The fourth-order valence-electron chi connectivity index (χ4n) is 2.52. The molecule has 1 fully saturated rings. The van der Waals surface area contributed by atoms with Crippen molar-refractivity contribution in [3.05, 3.63) is 24.3 Å². The normalized spacial score (nSPS) is 19.0. The number of para-hydroxylation sites is 2. The first-order valence-corrected chi connectivity index (χ1v) is 9.17. The van der Waals surface area contributed by atoms with Gasteiger partial charge in [-0.2, -0.15) is 0 Å². The number of imide groups is 1. The molecular weight excluding hydrogens is 348 g/mol. The monoisotopic (exact) mass is 366 g/mol. The van der Waals surface area contributed by atoms with Crippen LogP contribution in [0.2, 0.25) is 0 Å². The fraction of sp³-hybridized carbons (Fsp3) is 0.438. The topological polar surface area (TPSA) is 67.9 Å². The highest BCUT2D eigenvalue weighted by Gasteiger charge is 2.28. The lowest BCUT2D eigenvalue weighted by Gasteiger charge is -2.25. The molecule has 2 aliphatic rings. The number of carbonyl (C=O) groups is 2. The average Bonchev–Trinajstić information content (AvgIpc) is 3.14. The molecule has 3 rings (SSSR count). The van der Waals surface area contributed by atoms with Crippen molar-refractivity contribution in [3.63, 3.8) is 0 Å². The number of carbonyl (C=O) groups excluding carboxylic acids is 2. The maximum Gasteiger partial charge on any atom is 0.271 e. The van der Waals surface area contributed by atoms with E-state index >= 15 is 0 Å². The zero-order valence-corrected chi connectivity index (χ0v) is 14.7. The van der Waals surface area contributed by atoms with Crippen molar-refractivity contribution < 1.29 is 19.1 Å². The Morgan fingerprint density at radius 1 is 1.25 bits per heavy atom. The summed E-state index contributed by atoms with van der Waals surface area (Å²) >= 11 is 6.57. The second-order valence-electron chi connectivity index (χ2n) is 5.53. The van der Waals surface area contributed by atoms with Crippen molar-refractivity contribution in [2.24, 2.45) is 0 Å². The lowest BCUT2D eigenvalue weighted by atomic mass is 10.2. The van der Waals surface area contributed by atoms with Gasteiger partial charge in [0.2, 0.25) is 12.0 Å². The zero-order chi connectivity index (χ0) is 16.9. The lowest BCUT2D eigenvalue weighted by molar-refractivity contribution is -0.135. The Morgan fingerprint density at radius 3 is 2.71 bits per heavy atom. The number of nitrogens with zero attached hydrogens (tertiary/aromatic N) is 1. The number of likely N-dealkylation sites (tertiary alicyclic amines) is 1. The second kappa shape index (κ2) is 7.85. The van der Waals surface area contributed by atoms with Crippen LogP contribution in [0.25, 0.3) is 0 Å². The lowest BCUT2D eigenvalue weighted by Crippen LogP contribution is -2.46. The summed E-state index contributed by atoms with van der Waals surface area (Å²) in [6.07, 6.45) is 1.43. The van der Waals surface area contributed by atoms with Crippen LogP contribution in [-0.2, 0) is 9.59 Å². The molecule has 2 aliphatic heterocycles. The van der Waals surface area contributed by atoms with Gasteiger partial charge in [0.05, 0.1) is 5.75 Å². The standard InChI is InChI=1S/C16H18N2O4S2/c19-14(10-24-16(23)18-7-3-4-8-18)17-15(20)13-9-21-11-5-1-2-6-12(11)22-13/h1-2,5-6,13H,3-4,7-10H2,(H,17,19,20)/t13-/m0/s1. The molecule has 1 N–H and O–H groups in total. The van der Waals surface area contributed by atoms with Crippen molar-refractivity contribution in [1.29, 1.82) is 0 Å². The average molecular weight is 366 g/mol. The molecule has 0 spiro atoms. The van der Waals surface area contributed by atoms with Gasteiger partial charge in [0, 0.05) is 13.1 Å². The van der Waals surface area contributed by atoms with Gasteiger partial charge in [-0.3, -0.25) is 14.9 Å². The molecule has 128 valence electrons. The van der Waals surface area contributed by atoms with Gasteiger partial charge in [-0.15, -0.1) is 0 Å². The van der Waals surface area contributed by atoms with E-state index in [9.17, 15) is 9.59 Å². The summed E-state index contributed by atoms with van der Waals surface area (Å²) in [5.41, 5.74) is 0. The molecule has 8 heteroatoms. The third-order valence-electron chi connectivity index (χ3n) is 3.75. The van der Waals surface area contributed by atoms with Crippen LogP contribution in [0.3, 0.4) is 0 Å².